The molecule has 0 bridgehead atoms. The number of nitrogens with zero attached hydrogens (tertiary/aromatic N) is 4. The van der Waals surface area contributed by atoms with Crippen molar-refractivity contribution in [3.8, 4) is 22.3 Å². The summed E-state index contributed by atoms with van der Waals surface area (Å²) in [5.74, 6) is -0.411. The third kappa shape index (κ3) is 4.97. The van der Waals surface area contributed by atoms with E-state index < -0.39 is 28.0 Å². The summed E-state index contributed by atoms with van der Waals surface area (Å²) in [6.07, 6.45) is -2.88. The lowest BCUT2D eigenvalue weighted by Gasteiger charge is -2.14. The zero-order valence-corrected chi connectivity index (χ0v) is 20.9. The van der Waals surface area contributed by atoms with Crippen LogP contribution >= 0.6 is 11.3 Å². The van der Waals surface area contributed by atoms with Gasteiger partial charge in [-0.05, 0) is 49.6 Å². The van der Waals surface area contributed by atoms with Crippen molar-refractivity contribution in [2.75, 3.05) is 0 Å². The number of benzene rings is 1. The third-order valence-electron chi connectivity index (χ3n) is 5.40. The fourth-order valence-electron chi connectivity index (χ4n) is 3.66. The molecule has 1 aromatic carbocycles. The molecule has 4 heterocycles. The molecule has 0 saturated carbocycles. The molecule has 0 unspecified atom stereocenters. The van der Waals surface area contributed by atoms with Gasteiger partial charge in [0, 0.05) is 30.4 Å². The maximum Gasteiger partial charge on any atom is 0.452 e. The number of aromatic nitrogens is 5. The van der Waals surface area contributed by atoms with Gasteiger partial charge in [0.1, 0.15) is 15.7 Å². The zero-order valence-electron chi connectivity index (χ0n) is 19.3. The van der Waals surface area contributed by atoms with Crippen molar-refractivity contribution >= 4 is 32.3 Å². The molecule has 0 spiro atoms. The van der Waals surface area contributed by atoms with Crippen LogP contribution in [0.3, 0.4) is 0 Å². The van der Waals surface area contributed by atoms with Gasteiger partial charge in [0.15, 0.2) is 5.82 Å². The Hall–Kier alpha value is -3.69. The zero-order chi connectivity index (χ0) is 26.4. The number of ether oxygens (including phenoxy) is 1. The fraction of sp³-hybridized carbons (Fsp3) is 0.227. The lowest BCUT2D eigenvalue weighted by Crippen LogP contribution is -2.28. The Labute approximate surface area is 212 Å². The van der Waals surface area contributed by atoms with Crippen molar-refractivity contribution in [3.63, 3.8) is 0 Å². The molecule has 5 rings (SSSR count). The van der Waals surface area contributed by atoms with Crippen LogP contribution in [0, 0.1) is 0 Å². The van der Waals surface area contributed by atoms with Gasteiger partial charge in [0.2, 0.25) is 5.76 Å². The van der Waals surface area contributed by atoms with E-state index in [0.717, 1.165) is 28.3 Å². The van der Waals surface area contributed by atoms with E-state index in [1.807, 2.05) is 31.3 Å². The molecule has 4 aromatic heterocycles. The maximum absolute atomic E-state index is 13.0. The molecule has 0 saturated heterocycles. The molecule has 37 heavy (non-hydrogen) atoms. The summed E-state index contributed by atoms with van der Waals surface area (Å²) in [6.45, 7) is 3.85. The van der Waals surface area contributed by atoms with Gasteiger partial charge in [0.05, 0.1) is 10.9 Å². The van der Waals surface area contributed by atoms with Gasteiger partial charge in [-0.2, -0.15) is 17.9 Å². The number of fused-ring (bicyclic) bond motifs is 1. The third-order valence-corrected chi connectivity index (χ3v) is 8.55. The molecule has 0 fully saturated rings. The second-order valence-corrected chi connectivity index (χ2v) is 11.0. The maximum atomic E-state index is 13.0. The van der Waals surface area contributed by atoms with Gasteiger partial charge >= 0.3 is 12.2 Å². The van der Waals surface area contributed by atoms with Crippen LogP contribution in [0.2, 0.25) is 0 Å². The highest BCUT2D eigenvalue weighted by molar-refractivity contribution is 7.91. The summed E-state index contributed by atoms with van der Waals surface area (Å²) >= 11 is 0.762. The minimum Gasteiger partial charge on any atom is -0.424 e. The number of aromatic amines is 1. The fourth-order valence-corrected chi connectivity index (χ4v) is 6.14. The van der Waals surface area contributed by atoms with Gasteiger partial charge in [-0.1, -0.05) is 10.3 Å². The van der Waals surface area contributed by atoms with Crippen LogP contribution in [-0.2, 0) is 22.7 Å². The Kier molecular flexibility index (Phi) is 6.29. The van der Waals surface area contributed by atoms with Gasteiger partial charge in [-0.3, -0.25) is 4.57 Å². The van der Waals surface area contributed by atoms with Gasteiger partial charge in [0.25, 0.3) is 10.0 Å². The summed E-state index contributed by atoms with van der Waals surface area (Å²) in [6, 6.07) is 10.2. The van der Waals surface area contributed by atoms with Crippen LogP contribution in [-0.4, -0.2) is 33.3 Å². The van der Waals surface area contributed by atoms with E-state index in [0.29, 0.717) is 18.1 Å². The summed E-state index contributed by atoms with van der Waals surface area (Å²) in [7, 11) is -4.05. The van der Waals surface area contributed by atoms with E-state index in [1.54, 1.807) is 17.6 Å². The van der Waals surface area contributed by atoms with E-state index in [4.69, 9.17) is 4.74 Å². The molecular formula is C22H19F3N6O4S2. The Morgan fingerprint density at radius 3 is 2.73 bits per heavy atom. The smallest absolute Gasteiger partial charge is 0.424 e. The van der Waals surface area contributed by atoms with Crippen LogP contribution in [0.4, 0.5) is 13.2 Å². The van der Waals surface area contributed by atoms with Crippen molar-refractivity contribution in [2.24, 2.45) is 0 Å². The number of rotatable bonds is 8. The topological polar surface area (TPSA) is 128 Å². The number of thiophene rings is 1. The van der Waals surface area contributed by atoms with Crippen LogP contribution < -0.4 is 9.46 Å². The molecule has 10 nitrogen and oxygen atoms in total. The Balaban J connectivity index is 1.34. The van der Waals surface area contributed by atoms with E-state index in [9.17, 15) is 21.6 Å². The lowest BCUT2D eigenvalue weighted by atomic mass is 10.2. The predicted octanol–water partition coefficient (Wildman–Crippen LogP) is 5.35. The second kappa shape index (κ2) is 9.32. The molecule has 0 aliphatic rings. The van der Waals surface area contributed by atoms with Crippen molar-refractivity contribution in [1.29, 1.82) is 0 Å². The molecule has 0 aliphatic heterocycles. The van der Waals surface area contributed by atoms with Gasteiger partial charge in [-0.25, -0.2) is 8.42 Å². The van der Waals surface area contributed by atoms with Crippen molar-refractivity contribution in [3.05, 3.63) is 60.2 Å². The average Bonchev–Trinajstić information content (AvgIpc) is 3.63. The summed E-state index contributed by atoms with van der Waals surface area (Å²) < 4.78 is 78.7. The van der Waals surface area contributed by atoms with Crippen molar-refractivity contribution in [1.82, 2.24) is 29.6 Å². The number of sulfonamides is 1. The van der Waals surface area contributed by atoms with E-state index >= 15 is 0 Å². The minimum atomic E-state index is -4.69. The van der Waals surface area contributed by atoms with Crippen molar-refractivity contribution in [2.45, 2.75) is 36.8 Å². The quantitative estimate of drug-likeness (QED) is 0.266. The standard InChI is InChI=1S/C22H19F3N6O4S2/c1-3-31-20(27-28-21(31)34-14-5-4-13-8-9-26-15(13)10-14)12(2)30-37(32,33)19-7-6-17(36-19)16-11-18(35-29-16)22(23,24)25/h4-12,26,30H,3H2,1-2H3/t12-/m1/s1. The molecule has 5 aromatic rings. The lowest BCUT2D eigenvalue weighted by molar-refractivity contribution is -0.155. The van der Waals surface area contributed by atoms with Crippen LogP contribution in [0.1, 0.15) is 31.5 Å². The number of halogens is 3. The highest BCUT2D eigenvalue weighted by Gasteiger charge is 2.36. The van der Waals surface area contributed by atoms with E-state index in [-0.39, 0.29) is 20.8 Å². The summed E-state index contributed by atoms with van der Waals surface area (Å²) in [4.78, 5) is 3.31. The number of hydrogen-bond acceptors (Lipinski definition) is 8. The first-order valence-corrected chi connectivity index (χ1v) is 13.2. The van der Waals surface area contributed by atoms with Crippen LogP contribution in [0.25, 0.3) is 21.5 Å². The molecule has 194 valence electrons. The Morgan fingerprint density at radius 1 is 1.19 bits per heavy atom. The number of nitrogens with one attached hydrogen (secondary N) is 2. The number of hydrogen-bond donors (Lipinski definition) is 2. The van der Waals surface area contributed by atoms with Crippen molar-refractivity contribution < 1.29 is 30.8 Å². The van der Waals surface area contributed by atoms with Crippen LogP contribution in [0.5, 0.6) is 11.8 Å². The SMILES string of the molecule is CCn1c(Oc2ccc3cc[nH]c3c2)nnc1[C@@H](C)NS(=O)(=O)c1ccc(-c2cc(C(F)(F)F)on2)s1. The van der Waals surface area contributed by atoms with Gasteiger partial charge in [-0.15, -0.1) is 16.4 Å². The molecule has 1 atom stereocenters. The van der Waals surface area contributed by atoms with E-state index in [2.05, 4.69) is 29.6 Å². The monoisotopic (exact) mass is 552 g/mol. The summed E-state index contributed by atoms with van der Waals surface area (Å²) in [5.41, 5.74) is 0.772. The van der Waals surface area contributed by atoms with Gasteiger partial charge < -0.3 is 14.2 Å². The Morgan fingerprint density at radius 2 is 2.00 bits per heavy atom. The Bertz CT molecular complexity index is 1670. The molecule has 0 radical (unpaired) electrons. The first kappa shape index (κ1) is 25.0. The first-order chi connectivity index (χ1) is 17.5. The molecular weight excluding hydrogens is 533 g/mol. The largest absolute Gasteiger partial charge is 0.452 e. The highest BCUT2D eigenvalue weighted by Crippen LogP contribution is 2.35. The molecule has 2 N–H and O–H groups in total. The second-order valence-electron chi connectivity index (χ2n) is 7.95. The normalized spacial score (nSPS) is 13.3. The van der Waals surface area contributed by atoms with E-state index in [1.165, 1.54) is 12.1 Å². The first-order valence-electron chi connectivity index (χ1n) is 10.9. The molecule has 0 amide bonds. The number of alkyl halides is 3. The number of H-pyrrole nitrogens is 1. The summed E-state index contributed by atoms with van der Waals surface area (Å²) in [5, 5.41) is 12.6. The molecule has 0 aliphatic carbocycles. The average molecular weight is 553 g/mol. The predicted molar refractivity (Wildman–Crippen MR) is 128 cm³/mol. The minimum absolute atomic E-state index is 0.107. The van der Waals surface area contributed by atoms with Crippen LogP contribution in [0.15, 0.2) is 57.4 Å². The highest BCUT2D eigenvalue weighted by atomic mass is 32.2. The molecule has 15 heteroatoms.